The quantitative estimate of drug-likeness (QED) is 0.499. The Morgan fingerprint density at radius 2 is 1.50 bits per heavy atom. The van der Waals surface area contributed by atoms with Crippen molar-refractivity contribution in [1.82, 2.24) is 0 Å². The van der Waals surface area contributed by atoms with Crippen molar-refractivity contribution in [3.8, 4) is 11.5 Å². The van der Waals surface area contributed by atoms with E-state index in [1.165, 1.54) is 0 Å². The summed E-state index contributed by atoms with van der Waals surface area (Å²) >= 11 is 0. The molecule has 2 aromatic carbocycles. The van der Waals surface area contributed by atoms with E-state index >= 15 is 0 Å². The lowest BCUT2D eigenvalue weighted by atomic mass is 10.0. The van der Waals surface area contributed by atoms with Gasteiger partial charge in [-0.3, -0.25) is 0 Å². The third-order valence-electron chi connectivity index (χ3n) is 2.97. The van der Waals surface area contributed by atoms with E-state index in [1.807, 2.05) is 48.5 Å². The van der Waals surface area contributed by atoms with Crippen molar-refractivity contribution in [2.75, 3.05) is 14.2 Å². The van der Waals surface area contributed by atoms with Gasteiger partial charge in [-0.25, -0.2) is 0 Å². The molecule has 2 rings (SSSR count). The van der Waals surface area contributed by atoms with Gasteiger partial charge >= 0.3 is 0 Å². The monoisotopic (exact) mass is 298 g/mol. The number of rotatable bonds is 5. The highest BCUT2D eigenvalue weighted by molar-refractivity contribution is 6.13. The SMILES string of the molecule is COc1ccc(/C(=N/N=C(N)N)c2ccccc2)cc1OC. The summed E-state index contributed by atoms with van der Waals surface area (Å²) < 4.78 is 10.6. The zero-order chi connectivity index (χ0) is 15.9. The maximum Gasteiger partial charge on any atom is 0.211 e. The van der Waals surface area contributed by atoms with Crippen molar-refractivity contribution >= 4 is 11.7 Å². The summed E-state index contributed by atoms with van der Waals surface area (Å²) in [5.41, 5.74) is 13.1. The molecule has 0 atom stereocenters. The van der Waals surface area contributed by atoms with Crippen molar-refractivity contribution in [1.29, 1.82) is 0 Å². The first-order valence-corrected chi connectivity index (χ1v) is 6.60. The summed E-state index contributed by atoms with van der Waals surface area (Å²) in [7, 11) is 3.17. The highest BCUT2D eigenvalue weighted by atomic mass is 16.5. The van der Waals surface area contributed by atoms with Crippen LogP contribution in [0.2, 0.25) is 0 Å². The molecule has 22 heavy (non-hydrogen) atoms. The number of guanidine groups is 1. The molecule has 0 saturated heterocycles. The van der Waals surface area contributed by atoms with Gasteiger partial charge in [0.05, 0.1) is 14.2 Å². The molecule has 0 aromatic heterocycles. The Labute approximate surface area is 129 Å². The van der Waals surface area contributed by atoms with E-state index in [2.05, 4.69) is 10.2 Å². The zero-order valence-electron chi connectivity index (χ0n) is 12.5. The minimum Gasteiger partial charge on any atom is -0.493 e. The van der Waals surface area contributed by atoms with Crippen LogP contribution in [0.5, 0.6) is 11.5 Å². The molecule has 0 saturated carbocycles. The summed E-state index contributed by atoms with van der Waals surface area (Å²) in [5.74, 6) is 1.14. The summed E-state index contributed by atoms with van der Waals surface area (Å²) in [6.45, 7) is 0. The van der Waals surface area contributed by atoms with E-state index in [0.29, 0.717) is 17.2 Å². The predicted molar refractivity (Wildman–Crippen MR) is 87.4 cm³/mol. The lowest BCUT2D eigenvalue weighted by Crippen LogP contribution is -2.22. The second-order valence-electron chi connectivity index (χ2n) is 4.41. The van der Waals surface area contributed by atoms with Gasteiger partial charge in [0.15, 0.2) is 11.5 Å². The maximum atomic E-state index is 5.37. The molecular weight excluding hydrogens is 280 g/mol. The molecule has 0 amide bonds. The summed E-state index contributed by atoms with van der Waals surface area (Å²) in [5, 5.41) is 7.92. The highest BCUT2D eigenvalue weighted by Crippen LogP contribution is 2.28. The largest absolute Gasteiger partial charge is 0.493 e. The average molecular weight is 298 g/mol. The Morgan fingerprint density at radius 1 is 0.818 bits per heavy atom. The number of hydrogen-bond donors (Lipinski definition) is 2. The first-order valence-electron chi connectivity index (χ1n) is 6.60. The molecule has 0 aliphatic carbocycles. The highest BCUT2D eigenvalue weighted by Gasteiger charge is 2.11. The second-order valence-corrected chi connectivity index (χ2v) is 4.41. The topological polar surface area (TPSA) is 95.2 Å². The number of methoxy groups -OCH3 is 2. The molecule has 0 heterocycles. The Hall–Kier alpha value is -3.02. The molecule has 2 aromatic rings. The fourth-order valence-electron chi connectivity index (χ4n) is 1.97. The third-order valence-corrected chi connectivity index (χ3v) is 2.97. The molecule has 0 radical (unpaired) electrons. The van der Waals surface area contributed by atoms with Gasteiger partial charge in [0.1, 0.15) is 5.71 Å². The normalized spacial score (nSPS) is 10.9. The number of nitrogens with two attached hydrogens (primary N) is 2. The van der Waals surface area contributed by atoms with Crippen molar-refractivity contribution in [3.05, 3.63) is 59.7 Å². The molecular formula is C16H18N4O2. The van der Waals surface area contributed by atoms with Gasteiger partial charge in [-0.15, -0.1) is 10.2 Å². The lowest BCUT2D eigenvalue weighted by molar-refractivity contribution is 0.355. The van der Waals surface area contributed by atoms with Crippen molar-refractivity contribution in [2.24, 2.45) is 21.7 Å². The van der Waals surface area contributed by atoms with Crippen molar-refractivity contribution < 1.29 is 9.47 Å². The fourth-order valence-corrected chi connectivity index (χ4v) is 1.97. The second kappa shape index (κ2) is 7.12. The number of hydrogen-bond acceptors (Lipinski definition) is 4. The molecule has 0 aliphatic heterocycles. The van der Waals surface area contributed by atoms with Crippen LogP contribution in [-0.4, -0.2) is 25.9 Å². The zero-order valence-corrected chi connectivity index (χ0v) is 12.5. The van der Waals surface area contributed by atoms with Gasteiger partial charge in [-0.1, -0.05) is 30.3 Å². The van der Waals surface area contributed by atoms with E-state index in [9.17, 15) is 0 Å². The first-order chi connectivity index (χ1) is 10.7. The van der Waals surface area contributed by atoms with Crippen LogP contribution in [0.4, 0.5) is 0 Å². The third kappa shape index (κ3) is 3.54. The van der Waals surface area contributed by atoms with Crippen LogP contribution in [0.3, 0.4) is 0 Å². The van der Waals surface area contributed by atoms with Gasteiger partial charge in [0.2, 0.25) is 5.96 Å². The lowest BCUT2D eigenvalue weighted by Gasteiger charge is -2.11. The molecule has 4 N–H and O–H groups in total. The van der Waals surface area contributed by atoms with E-state index < -0.39 is 0 Å². The van der Waals surface area contributed by atoms with Gasteiger partial charge in [-0.2, -0.15) is 0 Å². The van der Waals surface area contributed by atoms with Crippen LogP contribution in [0, 0.1) is 0 Å². The van der Waals surface area contributed by atoms with Gasteiger partial charge in [0, 0.05) is 11.1 Å². The Bertz CT molecular complexity index is 693. The van der Waals surface area contributed by atoms with E-state index in [1.54, 1.807) is 14.2 Å². The molecule has 6 heteroatoms. The molecule has 0 spiro atoms. The minimum atomic E-state index is -0.103. The average Bonchev–Trinajstić information content (AvgIpc) is 2.55. The summed E-state index contributed by atoms with van der Waals surface area (Å²) in [6, 6.07) is 15.1. The summed E-state index contributed by atoms with van der Waals surface area (Å²) in [6.07, 6.45) is 0. The molecule has 0 unspecified atom stereocenters. The summed E-state index contributed by atoms with van der Waals surface area (Å²) in [4.78, 5) is 0. The predicted octanol–water partition coefficient (Wildman–Crippen LogP) is 1.73. The number of benzene rings is 2. The Morgan fingerprint density at radius 3 is 2.09 bits per heavy atom. The molecule has 0 bridgehead atoms. The van der Waals surface area contributed by atoms with E-state index in [0.717, 1.165) is 11.1 Å². The van der Waals surface area contributed by atoms with Crippen molar-refractivity contribution in [2.45, 2.75) is 0 Å². The standard InChI is InChI=1S/C16H18N4O2/c1-21-13-9-8-12(10-14(13)22-2)15(19-20-16(17)18)11-6-4-3-5-7-11/h3-10H,1-2H3,(H4,17,18,20)/b19-15+. The van der Waals surface area contributed by atoms with Crippen LogP contribution >= 0.6 is 0 Å². The number of ether oxygens (including phenoxy) is 2. The van der Waals surface area contributed by atoms with Crippen molar-refractivity contribution in [3.63, 3.8) is 0 Å². The molecule has 0 fully saturated rings. The van der Waals surface area contributed by atoms with Gasteiger partial charge < -0.3 is 20.9 Å². The Balaban J connectivity index is 2.55. The molecule has 0 aliphatic rings. The number of nitrogens with zero attached hydrogens (tertiary/aromatic N) is 2. The van der Waals surface area contributed by atoms with E-state index in [-0.39, 0.29) is 5.96 Å². The van der Waals surface area contributed by atoms with Gasteiger partial charge in [-0.05, 0) is 18.2 Å². The van der Waals surface area contributed by atoms with Crippen LogP contribution in [0.25, 0.3) is 0 Å². The van der Waals surface area contributed by atoms with Crippen LogP contribution in [0.15, 0.2) is 58.7 Å². The fraction of sp³-hybridized carbons (Fsp3) is 0.125. The first kappa shape index (κ1) is 15.4. The molecule has 114 valence electrons. The maximum absolute atomic E-state index is 5.37. The smallest absolute Gasteiger partial charge is 0.211 e. The van der Waals surface area contributed by atoms with Crippen LogP contribution in [-0.2, 0) is 0 Å². The van der Waals surface area contributed by atoms with Crippen LogP contribution < -0.4 is 20.9 Å². The van der Waals surface area contributed by atoms with E-state index in [4.69, 9.17) is 20.9 Å². The minimum absolute atomic E-state index is 0.103. The molecule has 6 nitrogen and oxygen atoms in total. The van der Waals surface area contributed by atoms with Crippen LogP contribution in [0.1, 0.15) is 11.1 Å². The Kier molecular flexibility index (Phi) is 4.98. The van der Waals surface area contributed by atoms with Gasteiger partial charge in [0.25, 0.3) is 0 Å².